The van der Waals surface area contributed by atoms with Gasteiger partial charge in [-0.15, -0.1) is 0 Å². The minimum Gasteiger partial charge on any atom is -0.490 e. The Hall–Kier alpha value is -3.34. The summed E-state index contributed by atoms with van der Waals surface area (Å²) in [6.07, 6.45) is 1.28. The van der Waals surface area contributed by atoms with Crippen molar-refractivity contribution in [3.63, 3.8) is 0 Å². The van der Waals surface area contributed by atoms with Crippen molar-refractivity contribution in [3.05, 3.63) is 71.8 Å². The van der Waals surface area contributed by atoms with Gasteiger partial charge < -0.3 is 14.7 Å². The minimum absolute atomic E-state index is 0.315. The summed E-state index contributed by atoms with van der Waals surface area (Å²) < 4.78 is 11.1. The first-order valence-corrected chi connectivity index (χ1v) is 7.87. The first-order valence-electron chi connectivity index (χ1n) is 7.87. The minimum atomic E-state index is -0.457. The molecule has 0 fully saturated rings. The van der Waals surface area contributed by atoms with Crippen LogP contribution in [0.4, 0.5) is 0 Å². The van der Waals surface area contributed by atoms with Crippen molar-refractivity contribution in [2.24, 2.45) is 5.16 Å². The van der Waals surface area contributed by atoms with Gasteiger partial charge in [0.2, 0.25) is 0 Å². The molecule has 0 aromatic heterocycles. The summed E-state index contributed by atoms with van der Waals surface area (Å²) in [4.78, 5) is 12.7. The maximum Gasteiger partial charge on any atom is 0.344 e. The van der Waals surface area contributed by atoms with Gasteiger partial charge in [0.25, 0.3) is 0 Å². The molecule has 0 radical (unpaired) electrons. The third kappa shape index (κ3) is 3.61. The van der Waals surface area contributed by atoms with Crippen molar-refractivity contribution >= 4 is 23.0 Å². The lowest BCUT2D eigenvalue weighted by molar-refractivity contribution is 0.0730. The smallest absolute Gasteiger partial charge is 0.344 e. The van der Waals surface area contributed by atoms with Crippen LogP contribution in [0.5, 0.6) is 11.5 Å². The number of hydrogen-bond donors (Lipinski definition) is 1. The van der Waals surface area contributed by atoms with Crippen molar-refractivity contribution in [3.8, 4) is 11.5 Å². The zero-order chi connectivity index (χ0) is 17.6. The van der Waals surface area contributed by atoms with E-state index in [1.165, 1.54) is 6.21 Å². The van der Waals surface area contributed by atoms with Crippen molar-refractivity contribution in [2.75, 3.05) is 6.61 Å². The lowest BCUT2D eigenvalue weighted by atomic mass is 10.0. The molecule has 0 unspecified atom stereocenters. The molecule has 0 atom stereocenters. The fourth-order valence-corrected chi connectivity index (χ4v) is 2.58. The molecule has 0 amide bonds. The molecule has 0 spiro atoms. The molecule has 0 saturated carbocycles. The fraction of sp³-hybridized carbons (Fsp3) is 0.100. The van der Waals surface area contributed by atoms with Crippen molar-refractivity contribution < 1.29 is 19.5 Å². The number of ether oxygens (including phenoxy) is 2. The summed E-state index contributed by atoms with van der Waals surface area (Å²) >= 11 is 0. The summed E-state index contributed by atoms with van der Waals surface area (Å²) in [6, 6.07) is 18.1. The van der Waals surface area contributed by atoms with Gasteiger partial charge in [-0.1, -0.05) is 41.6 Å². The molecule has 0 aliphatic rings. The molecule has 5 heteroatoms. The third-order valence-electron chi connectivity index (χ3n) is 3.69. The Balaban J connectivity index is 1.94. The second-order valence-corrected chi connectivity index (χ2v) is 5.30. The number of hydrogen-bond acceptors (Lipinski definition) is 5. The Labute approximate surface area is 145 Å². The van der Waals surface area contributed by atoms with E-state index in [2.05, 4.69) is 5.16 Å². The molecule has 126 valence electrons. The van der Waals surface area contributed by atoms with E-state index in [0.29, 0.717) is 29.2 Å². The van der Waals surface area contributed by atoms with Crippen molar-refractivity contribution in [1.82, 2.24) is 0 Å². The number of oxime groups is 1. The van der Waals surface area contributed by atoms with Gasteiger partial charge >= 0.3 is 5.97 Å². The van der Waals surface area contributed by atoms with Gasteiger partial charge in [-0.2, -0.15) is 0 Å². The Morgan fingerprint density at radius 1 is 1.08 bits per heavy atom. The summed E-state index contributed by atoms with van der Waals surface area (Å²) in [6.45, 7) is 2.25. The van der Waals surface area contributed by atoms with Gasteiger partial charge in [-0.05, 0) is 42.0 Å². The zero-order valence-electron chi connectivity index (χ0n) is 13.7. The Bertz CT molecular complexity index is 929. The number of carbonyl (C=O) groups excluding carboxylic acids is 1. The van der Waals surface area contributed by atoms with E-state index in [-0.39, 0.29) is 0 Å². The van der Waals surface area contributed by atoms with Crippen LogP contribution < -0.4 is 9.47 Å². The first kappa shape index (κ1) is 16.5. The number of nitrogens with zero attached hydrogens (tertiary/aromatic N) is 1. The van der Waals surface area contributed by atoms with Gasteiger partial charge in [0.1, 0.15) is 0 Å². The van der Waals surface area contributed by atoms with Gasteiger partial charge in [-0.25, -0.2) is 4.79 Å². The number of fused-ring (bicyclic) bond motifs is 1. The van der Waals surface area contributed by atoms with Crippen LogP contribution in [-0.4, -0.2) is 24.0 Å². The Morgan fingerprint density at radius 2 is 1.88 bits per heavy atom. The summed E-state index contributed by atoms with van der Waals surface area (Å²) in [5.74, 6) is 0.268. The van der Waals surface area contributed by atoms with E-state index in [1.807, 2.05) is 43.3 Å². The van der Waals surface area contributed by atoms with E-state index in [9.17, 15) is 4.79 Å². The Kier molecular flexibility index (Phi) is 4.95. The van der Waals surface area contributed by atoms with Crippen LogP contribution in [-0.2, 0) is 0 Å². The molecular weight excluding hydrogens is 318 g/mol. The highest BCUT2D eigenvalue weighted by molar-refractivity contribution is 6.05. The molecule has 5 nitrogen and oxygen atoms in total. The fourth-order valence-electron chi connectivity index (χ4n) is 2.58. The highest BCUT2D eigenvalue weighted by Crippen LogP contribution is 2.29. The molecule has 0 saturated heterocycles. The molecule has 3 aromatic carbocycles. The maximum atomic E-state index is 12.7. The van der Waals surface area contributed by atoms with Gasteiger partial charge in [0, 0.05) is 5.56 Å². The number of carbonyl (C=O) groups is 1. The van der Waals surface area contributed by atoms with Crippen LogP contribution >= 0.6 is 0 Å². The topological polar surface area (TPSA) is 68.1 Å². The van der Waals surface area contributed by atoms with Crippen LogP contribution in [0.2, 0.25) is 0 Å². The van der Waals surface area contributed by atoms with Crippen LogP contribution in [0, 0.1) is 0 Å². The van der Waals surface area contributed by atoms with E-state index < -0.39 is 5.97 Å². The molecule has 3 rings (SSSR count). The number of rotatable bonds is 5. The highest BCUT2D eigenvalue weighted by Gasteiger charge is 2.15. The molecule has 0 aliphatic heterocycles. The third-order valence-corrected chi connectivity index (χ3v) is 3.69. The van der Waals surface area contributed by atoms with Crippen LogP contribution in [0.15, 0.2) is 65.8 Å². The second kappa shape index (κ2) is 7.49. The zero-order valence-corrected chi connectivity index (χ0v) is 13.7. The molecular formula is C20H17NO4. The average Bonchev–Trinajstić information content (AvgIpc) is 2.64. The molecule has 25 heavy (non-hydrogen) atoms. The molecule has 3 aromatic rings. The van der Waals surface area contributed by atoms with E-state index >= 15 is 0 Å². The summed E-state index contributed by atoms with van der Waals surface area (Å²) in [7, 11) is 0. The Morgan fingerprint density at radius 3 is 2.68 bits per heavy atom. The molecule has 1 N–H and O–H groups in total. The number of esters is 1. The lowest BCUT2D eigenvalue weighted by Gasteiger charge is -2.12. The van der Waals surface area contributed by atoms with Crippen LogP contribution in [0.1, 0.15) is 22.8 Å². The van der Waals surface area contributed by atoms with E-state index in [1.54, 1.807) is 24.3 Å². The van der Waals surface area contributed by atoms with E-state index in [0.717, 1.165) is 10.8 Å². The van der Waals surface area contributed by atoms with Gasteiger partial charge in [0.05, 0.1) is 18.4 Å². The summed E-state index contributed by atoms with van der Waals surface area (Å²) in [5.41, 5.74) is 1.12. The second-order valence-electron chi connectivity index (χ2n) is 5.30. The van der Waals surface area contributed by atoms with E-state index in [4.69, 9.17) is 14.7 Å². The van der Waals surface area contributed by atoms with Gasteiger partial charge in [0.15, 0.2) is 11.5 Å². The van der Waals surface area contributed by atoms with Gasteiger partial charge in [-0.3, -0.25) is 0 Å². The quantitative estimate of drug-likeness (QED) is 0.249. The lowest BCUT2D eigenvalue weighted by Crippen LogP contribution is -2.10. The summed E-state index contributed by atoms with van der Waals surface area (Å²) in [5, 5.41) is 13.4. The maximum absolute atomic E-state index is 12.7. The highest BCUT2D eigenvalue weighted by atomic mass is 16.6. The monoisotopic (exact) mass is 335 g/mol. The number of benzene rings is 3. The van der Waals surface area contributed by atoms with Crippen molar-refractivity contribution in [1.29, 1.82) is 0 Å². The molecule has 0 heterocycles. The largest absolute Gasteiger partial charge is 0.490 e. The molecule has 0 aliphatic carbocycles. The van der Waals surface area contributed by atoms with Crippen LogP contribution in [0.25, 0.3) is 10.8 Å². The average molecular weight is 335 g/mol. The SMILES string of the molecule is CCOc1cc(/C=N\O)ccc1OC(=O)c1cccc2ccccc12. The predicted octanol–water partition coefficient (Wildman–Crippen LogP) is 4.27. The van der Waals surface area contributed by atoms with Crippen LogP contribution in [0.3, 0.4) is 0 Å². The standard InChI is InChI=1S/C20H17NO4/c1-2-24-19-12-14(13-21-23)10-11-18(19)25-20(22)17-9-5-7-15-6-3-4-8-16(15)17/h3-13,23H,2H2,1H3/b21-13-. The first-order chi connectivity index (χ1) is 12.2. The predicted molar refractivity (Wildman–Crippen MR) is 95.9 cm³/mol. The van der Waals surface area contributed by atoms with Crippen molar-refractivity contribution in [2.45, 2.75) is 6.92 Å². The molecule has 0 bridgehead atoms. The normalized spacial score (nSPS) is 10.9.